The van der Waals surface area contributed by atoms with Crippen molar-refractivity contribution in [2.75, 3.05) is 6.61 Å². The Labute approximate surface area is 134 Å². The van der Waals surface area contributed by atoms with Gasteiger partial charge in [0.05, 0.1) is 6.61 Å². The molecule has 106 valence electrons. The van der Waals surface area contributed by atoms with Gasteiger partial charge < -0.3 is 4.74 Å². The molecule has 2 aromatic rings. The maximum Gasteiger partial charge on any atom is 0.326 e. The summed E-state index contributed by atoms with van der Waals surface area (Å²) in [6, 6.07) is 19.9. The molecule has 0 heterocycles. The number of benzene rings is 2. The van der Waals surface area contributed by atoms with Crippen LogP contribution in [0.3, 0.4) is 0 Å². The monoisotopic (exact) mass is 342 g/mol. The second-order valence-corrected chi connectivity index (χ2v) is 5.00. The average molecular weight is 343 g/mol. The Balaban J connectivity index is 2.49. The Morgan fingerprint density at radius 1 is 1.05 bits per heavy atom. The number of ether oxygens (including phenoxy) is 1. The number of halogens is 1. The molecule has 0 radical (unpaired) electrons. The van der Waals surface area contributed by atoms with Gasteiger partial charge in [-0.05, 0) is 11.9 Å². The van der Waals surface area contributed by atoms with E-state index in [4.69, 9.17) is 4.74 Å². The van der Waals surface area contributed by atoms with Crippen molar-refractivity contribution >= 4 is 39.5 Å². The molecule has 21 heavy (non-hydrogen) atoms. The number of carbonyl (C=O) groups is 1. The molecule has 2 rings (SSSR count). The van der Waals surface area contributed by atoms with Crippen LogP contribution in [-0.4, -0.2) is 19.3 Å². The summed E-state index contributed by atoms with van der Waals surface area (Å²) in [5, 5.41) is 0. The second kappa shape index (κ2) is 7.84. The summed E-state index contributed by atoms with van der Waals surface area (Å²) in [4.78, 5) is 13.9. The van der Waals surface area contributed by atoms with Gasteiger partial charge in [0.1, 0.15) is 0 Å². The summed E-state index contributed by atoms with van der Waals surface area (Å²) in [6.45, 7) is 2.02. The van der Waals surface area contributed by atoms with Crippen LogP contribution in [0.25, 0.3) is 0 Å². The molecular weight excluding hydrogens is 327 g/mol. The Bertz CT molecular complexity index is 572. The SMILES string of the molecule is CCOC(=O)/C(=C\Br)B(c1ccccc1)c1ccccc1. The van der Waals surface area contributed by atoms with Crippen LogP contribution in [0.2, 0.25) is 0 Å². The van der Waals surface area contributed by atoms with Gasteiger partial charge in [-0.2, -0.15) is 0 Å². The quantitative estimate of drug-likeness (QED) is 0.474. The maximum atomic E-state index is 12.2. The summed E-state index contributed by atoms with van der Waals surface area (Å²) in [6.07, 6.45) is 0. The summed E-state index contributed by atoms with van der Waals surface area (Å²) in [7, 11) is 0. The van der Waals surface area contributed by atoms with Crippen LogP contribution in [0, 0.1) is 0 Å². The smallest absolute Gasteiger partial charge is 0.326 e. The zero-order valence-electron chi connectivity index (χ0n) is 11.8. The molecule has 0 spiro atoms. The van der Waals surface area contributed by atoms with Gasteiger partial charge in [0, 0.05) is 5.47 Å². The standard InChI is InChI=1S/C17H16BBrO2/c1-2-21-17(20)16(13-19)18(14-9-5-3-6-10-14)15-11-7-4-8-12-15/h3-13H,2H2,1H3/b16-13+. The van der Waals surface area contributed by atoms with Gasteiger partial charge in [0.25, 0.3) is 6.71 Å². The van der Waals surface area contributed by atoms with Crippen molar-refractivity contribution in [3.8, 4) is 0 Å². The molecule has 0 N–H and O–H groups in total. The van der Waals surface area contributed by atoms with Gasteiger partial charge in [-0.3, -0.25) is 0 Å². The number of esters is 1. The predicted molar refractivity (Wildman–Crippen MR) is 91.5 cm³/mol. The molecule has 0 amide bonds. The molecule has 2 nitrogen and oxygen atoms in total. The minimum Gasteiger partial charge on any atom is -0.463 e. The van der Waals surface area contributed by atoms with E-state index in [1.165, 1.54) is 0 Å². The largest absolute Gasteiger partial charge is 0.463 e. The molecule has 0 aliphatic heterocycles. The third kappa shape index (κ3) is 3.85. The molecular formula is C17H16BBrO2. The molecule has 0 saturated carbocycles. The first-order chi connectivity index (χ1) is 10.3. The minimum absolute atomic E-state index is 0.147. The molecule has 0 aliphatic carbocycles. The van der Waals surface area contributed by atoms with Gasteiger partial charge in [0.2, 0.25) is 0 Å². The first-order valence-electron chi connectivity index (χ1n) is 6.85. The molecule has 2 aromatic carbocycles. The highest BCUT2D eigenvalue weighted by Crippen LogP contribution is 2.09. The molecule has 0 fully saturated rings. The zero-order valence-corrected chi connectivity index (χ0v) is 13.4. The minimum atomic E-state index is -0.299. The fourth-order valence-electron chi connectivity index (χ4n) is 2.28. The molecule has 0 saturated heterocycles. The van der Waals surface area contributed by atoms with E-state index < -0.39 is 0 Å². The van der Waals surface area contributed by atoms with Crippen LogP contribution < -0.4 is 10.9 Å². The lowest BCUT2D eigenvalue weighted by atomic mass is 9.36. The van der Waals surface area contributed by atoms with E-state index in [0.717, 1.165) is 10.9 Å². The van der Waals surface area contributed by atoms with Crippen LogP contribution in [0.15, 0.2) is 71.1 Å². The third-order valence-electron chi connectivity index (χ3n) is 3.21. The van der Waals surface area contributed by atoms with Crippen molar-refractivity contribution in [1.82, 2.24) is 0 Å². The third-order valence-corrected chi connectivity index (χ3v) is 3.70. The van der Waals surface area contributed by atoms with E-state index in [1.807, 2.05) is 67.6 Å². The van der Waals surface area contributed by atoms with Crippen LogP contribution in [0.1, 0.15) is 6.92 Å². The van der Waals surface area contributed by atoms with E-state index in [1.54, 1.807) is 4.99 Å². The van der Waals surface area contributed by atoms with Gasteiger partial charge >= 0.3 is 5.97 Å². The van der Waals surface area contributed by atoms with Crippen LogP contribution in [0.5, 0.6) is 0 Å². The highest BCUT2D eigenvalue weighted by Gasteiger charge is 2.29. The van der Waals surface area contributed by atoms with Crippen molar-refractivity contribution in [2.45, 2.75) is 6.92 Å². The van der Waals surface area contributed by atoms with Gasteiger partial charge in [-0.1, -0.05) is 87.5 Å². The van der Waals surface area contributed by atoms with E-state index in [0.29, 0.717) is 12.1 Å². The number of hydrogen-bond acceptors (Lipinski definition) is 2. The Morgan fingerprint density at radius 3 is 1.90 bits per heavy atom. The van der Waals surface area contributed by atoms with Gasteiger partial charge in [0.15, 0.2) is 0 Å². The highest BCUT2D eigenvalue weighted by molar-refractivity contribution is 9.11. The van der Waals surface area contributed by atoms with E-state index >= 15 is 0 Å². The Hall–Kier alpha value is -1.81. The molecule has 0 unspecified atom stereocenters. The lowest BCUT2D eigenvalue weighted by molar-refractivity contribution is -0.137. The molecule has 4 heteroatoms. The van der Waals surface area contributed by atoms with Crippen LogP contribution in [0.4, 0.5) is 0 Å². The maximum absolute atomic E-state index is 12.2. The lowest BCUT2D eigenvalue weighted by Crippen LogP contribution is -2.46. The summed E-state index contributed by atoms with van der Waals surface area (Å²) in [5.74, 6) is -0.299. The normalized spacial score (nSPS) is 11.0. The van der Waals surface area contributed by atoms with Crippen LogP contribution in [-0.2, 0) is 9.53 Å². The second-order valence-electron chi connectivity index (χ2n) is 4.54. The number of hydrogen-bond donors (Lipinski definition) is 0. The lowest BCUT2D eigenvalue weighted by Gasteiger charge is -2.17. The topological polar surface area (TPSA) is 26.3 Å². The highest BCUT2D eigenvalue weighted by atomic mass is 79.9. The first kappa shape index (κ1) is 15.6. The van der Waals surface area contributed by atoms with Crippen molar-refractivity contribution in [1.29, 1.82) is 0 Å². The van der Waals surface area contributed by atoms with Gasteiger partial charge in [-0.25, -0.2) is 4.79 Å². The fourth-order valence-corrected chi connectivity index (χ4v) is 2.73. The fraction of sp³-hybridized carbons (Fsp3) is 0.118. The van der Waals surface area contributed by atoms with E-state index in [-0.39, 0.29) is 12.7 Å². The van der Waals surface area contributed by atoms with Crippen LogP contribution >= 0.6 is 15.9 Å². The van der Waals surface area contributed by atoms with Crippen molar-refractivity contribution in [3.63, 3.8) is 0 Å². The molecule has 0 aliphatic rings. The Kier molecular flexibility index (Phi) is 5.82. The average Bonchev–Trinajstić information content (AvgIpc) is 2.54. The first-order valence-corrected chi connectivity index (χ1v) is 7.76. The van der Waals surface area contributed by atoms with E-state index in [9.17, 15) is 4.79 Å². The van der Waals surface area contributed by atoms with E-state index in [2.05, 4.69) is 15.9 Å². The van der Waals surface area contributed by atoms with Crippen molar-refractivity contribution < 1.29 is 9.53 Å². The van der Waals surface area contributed by atoms with Crippen molar-refractivity contribution in [2.24, 2.45) is 0 Å². The predicted octanol–water partition coefficient (Wildman–Crippen LogP) is 2.68. The summed E-state index contributed by atoms with van der Waals surface area (Å²) < 4.78 is 5.18. The summed E-state index contributed by atoms with van der Waals surface area (Å²) in [5.41, 5.74) is 2.71. The van der Waals surface area contributed by atoms with Crippen molar-refractivity contribution in [3.05, 3.63) is 71.1 Å². The zero-order chi connectivity index (χ0) is 15.1. The Morgan fingerprint density at radius 2 is 1.52 bits per heavy atom. The number of carbonyl (C=O) groups excluding carboxylic acids is 1. The molecule has 0 bridgehead atoms. The summed E-state index contributed by atoms with van der Waals surface area (Å²) >= 11 is 3.32. The van der Waals surface area contributed by atoms with Gasteiger partial charge in [-0.15, -0.1) is 0 Å². The number of rotatable bonds is 5. The molecule has 0 aromatic heterocycles. The molecule has 0 atom stereocenters.